The van der Waals surface area contributed by atoms with Gasteiger partial charge in [-0.3, -0.25) is 14.5 Å². The zero-order valence-corrected chi connectivity index (χ0v) is 20.6. The van der Waals surface area contributed by atoms with Gasteiger partial charge < -0.3 is 24.0 Å². The molecule has 2 amide bonds. The molecule has 0 N–H and O–H groups in total. The third-order valence-corrected chi connectivity index (χ3v) is 6.44. The fourth-order valence-electron chi connectivity index (χ4n) is 4.20. The second-order valence-corrected chi connectivity index (χ2v) is 9.08. The monoisotopic (exact) mass is 501 g/mol. The molecule has 0 saturated carbocycles. The molecule has 2 aliphatic heterocycles. The van der Waals surface area contributed by atoms with Crippen molar-refractivity contribution in [2.45, 2.75) is 6.10 Å². The van der Waals surface area contributed by atoms with E-state index >= 15 is 0 Å². The lowest BCUT2D eigenvalue weighted by molar-refractivity contribution is -0.141. The third kappa shape index (κ3) is 7.67. The van der Waals surface area contributed by atoms with Gasteiger partial charge in [0.1, 0.15) is 5.75 Å². The van der Waals surface area contributed by atoms with E-state index in [1.165, 1.54) is 0 Å². The van der Waals surface area contributed by atoms with Crippen LogP contribution >= 0.6 is 11.6 Å². The van der Waals surface area contributed by atoms with E-state index in [0.29, 0.717) is 62.3 Å². The number of carbonyl (C=O) groups is 2. The molecular formula is C26H32ClN3O5. The van der Waals surface area contributed by atoms with Crippen molar-refractivity contribution in [2.24, 2.45) is 0 Å². The number of amides is 2. The van der Waals surface area contributed by atoms with E-state index < -0.39 is 0 Å². The largest absolute Gasteiger partial charge is 0.484 e. The van der Waals surface area contributed by atoms with Gasteiger partial charge in [-0.2, -0.15) is 0 Å². The third-order valence-electron chi connectivity index (χ3n) is 6.19. The van der Waals surface area contributed by atoms with Crippen LogP contribution in [0.3, 0.4) is 0 Å². The van der Waals surface area contributed by atoms with Gasteiger partial charge in [-0.1, -0.05) is 29.8 Å². The van der Waals surface area contributed by atoms with Crippen LogP contribution in [0.15, 0.2) is 54.6 Å². The molecule has 2 aromatic carbocycles. The Bertz CT molecular complexity index is 953. The molecule has 0 aliphatic carbocycles. The Morgan fingerprint density at radius 3 is 2.49 bits per heavy atom. The van der Waals surface area contributed by atoms with E-state index in [-0.39, 0.29) is 24.5 Å². The highest BCUT2D eigenvalue weighted by atomic mass is 35.5. The number of hydrogen-bond acceptors (Lipinski definition) is 6. The second kappa shape index (κ2) is 12.9. The van der Waals surface area contributed by atoms with Gasteiger partial charge in [0.05, 0.1) is 25.9 Å². The molecule has 4 rings (SSSR count). The number of rotatable bonds is 9. The van der Waals surface area contributed by atoms with Crippen LogP contribution in [0.2, 0.25) is 5.02 Å². The van der Waals surface area contributed by atoms with Crippen molar-refractivity contribution in [1.29, 1.82) is 0 Å². The number of benzene rings is 2. The lowest BCUT2D eigenvalue weighted by atomic mass is 10.1. The molecule has 9 heteroatoms. The van der Waals surface area contributed by atoms with Gasteiger partial charge in [-0.15, -0.1) is 0 Å². The highest BCUT2D eigenvalue weighted by Crippen LogP contribution is 2.16. The normalized spacial score (nSPS) is 18.8. The highest BCUT2D eigenvalue weighted by Gasteiger charge is 2.28. The molecular weight excluding hydrogens is 470 g/mol. The molecule has 8 nitrogen and oxygen atoms in total. The average Bonchev–Trinajstić information content (AvgIpc) is 2.91. The number of nitrogens with zero attached hydrogens (tertiary/aromatic N) is 3. The quantitative estimate of drug-likeness (QED) is 0.525. The molecule has 2 saturated heterocycles. The summed E-state index contributed by atoms with van der Waals surface area (Å²) >= 11 is 5.90. The molecule has 2 aliphatic rings. The first-order valence-electron chi connectivity index (χ1n) is 12.0. The van der Waals surface area contributed by atoms with Crippen molar-refractivity contribution >= 4 is 23.4 Å². The first-order chi connectivity index (χ1) is 17.1. The van der Waals surface area contributed by atoms with Crippen LogP contribution in [0.25, 0.3) is 0 Å². The minimum absolute atomic E-state index is 0.0306. The van der Waals surface area contributed by atoms with E-state index in [2.05, 4.69) is 4.90 Å². The van der Waals surface area contributed by atoms with Crippen LogP contribution in [-0.4, -0.2) is 105 Å². The fraction of sp³-hybridized carbons (Fsp3) is 0.462. The summed E-state index contributed by atoms with van der Waals surface area (Å²) in [4.78, 5) is 32.0. The summed E-state index contributed by atoms with van der Waals surface area (Å²) in [5, 5.41) is 0.614. The zero-order valence-electron chi connectivity index (χ0n) is 19.8. The van der Waals surface area contributed by atoms with E-state index in [1.54, 1.807) is 29.2 Å². The van der Waals surface area contributed by atoms with Gasteiger partial charge in [0, 0.05) is 56.4 Å². The average molecular weight is 502 g/mol. The number of halogens is 1. The van der Waals surface area contributed by atoms with Crippen LogP contribution in [0, 0.1) is 0 Å². The van der Waals surface area contributed by atoms with Gasteiger partial charge in [-0.05, 0) is 36.4 Å². The summed E-state index contributed by atoms with van der Waals surface area (Å²) in [5.74, 6) is 0.454. The number of hydrogen-bond donors (Lipinski definition) is 0. The number of morpholine rings is 2. The van der Waals surface area contributed by atoms with Crippen molar-refractivity contribution in [3.8, 4) is 5.75 Å². The Balaban J connectivity index is 1.34. The van der Waals surface area contributed by atoms with E-state index in [9.17, 15) is 9.59 Å². The molecule has 0 spiro atoms. The lowest BCUT2D eigenvalue weighted by Gasteiger charge is -2.36. The molecule has 1 atom stereocenters. The highest BCUT2D eigenvalue weighted by molar-refractivity contribution is 6.30. The molecule has 2 fully saturated rings. The van der Waals surface area contributed by atoms with Crippen LogP contribution in [0.1, 0.15) is 10.4 Å². The molecule has 188 valence electrons. The first-order valence-corrected chi connectivity index (χ1v) is 12.4. The van der Waals surface area contributed by atoms with Crippen molar-refractivity contribution in [2.75, 3.05) is 72.2 Å². The summed E-state index contributed by atoms with van der Waals surface area (Å²) in [7, 11) is 0. The summed E-state index contributed by atoms with van der Waals surface area (Å²) in [6.07, 6.45) is -0.263. The summed E-state index contributed by atoms with van der Waals surface area (Å²) in [5.41, 5.74) is 0.648. The maximum atomic E-state index is 13.3. The van der Waals surface area contributed by atoms with Crippen molar-refractivity contribution in [1.82, 2.24) is 14.7 Å². The summed E-state index contributed by atoms with van der Waals surface area (Å²) in [6.45, 7) is 6.21. The predicted molar refractivity (Wildman–Crippen MR) is 133 cm³/mol. The number of carbonyl (C=O) groups excluding carboxylic acids is 2. The van der Waals surface area contributed by atoms with Gasteiger partial charge in [0.15, 0.2) is 6.61 Å². The Hall–Kier alpha value is -2.65. The van der Waals surface area contributed by atoms with Crippen LogP contribution in [-0.2, 0) is 14.3 Å². The molecule has 0 bridgehead atoms. The smallest absolute Gasteiger partial charge is 0.260 e. The van der Waals surface area contributed by atoms with E-state index in [4.69, 9.17) is 25.8 Å². The molecule has 2 aromatic rings. The zero-order chi connectivity index (χ0) is 24.5. The van der Waals surface area contributed by atoms with Gasteiger partial charge >= 0.3 is 0 Å². The summed E-state index contributed by atoms with van der Waals surface area (Å²) in [6, 6.07) is 16.2. The predicted octanol–water partition coefficient (Wildman–Crippen LogP) is 2.42. The SMILES string of the molecule is O=C(COc1ccc(Cl)cc1)N1CCOC(CN(CCN2CCOCC2)C(=O)c2ccccc2)C1. The lowest BCUT2D eigenvalue weighted by Crippen LogP contribution is -2.52. The Kier molecular flexibility index (Phi) is 9.36. The van der Waals surface area contributed by atoms with Crippen LogP contribution in [0.5, 0.6) is 5.75 Å². The standard InChI is InChI=1S/C26H32ClN3O5/c27-22-6-8-23(9-7-22)35-20-25(31)29-14-17-34-24(18-29)19-30(11-10-28-12-15-33-16-13-28)26(32)21-4-2-1-3-5-21/h1-9,24H,10-20H2. The van der Waals surface area contributed by atoms with Crippen LogP contribution in [0.4, 0.5) is 0 Å². The minimum atomic E-state index is -0.263. The first kappa shape index (κ1) is 25.4. The minimum Gasteiger partial charge on any atom is -0.484 e. The van der Waals surface area contributed by atoms with Crippen LogP contribution < -0.4 is 4.74 Å². The van der Waals surface area contributed by atoms with Crippen molar-refractivity contribution in [3.05, 3.63) is 65.2 Å². The molecule has 2 heterocycles. The molecule has 35 heavy (non-hydrogen) atoms. The maximum absolute atomic E-state index is 13.3. The number of ether oxygens (including phenoxy) is 3. The van der Waals surface area contributed by atoms with Crippen molar-refractivity contribution < 1.29 is 23.8 Å². The topological polar surface area (TPSA) is 71.6 Å². The molecule has 0 radical (unpaired) electrons. The molecule has 0 aromatic heterocycles. The van der Waals surface area contributed by atoms with Gasteiger partial charge in [0.2, 0.25) is 0 Å². The van der Waals surface area contributed by atoms with Crippen molar-refractivity contribution in [3.63, 3.8) is 0 Å². The fourth-order valence-corrected chi connectivity index (χ4v) is 4.32. The maximum Gasteiger partial charge on any atom is 0.260 e. The Morgan fingerprint density at radius 2 is 1.74 bits per heavy atom. The van der Waals surface area contributed by atoms with E-state index in [1.807, 2.05) is 35.2 Å². The van der Waals surface area contributed by atoms with Gasteiger partial charge in [-0.25, -0.2) is 0 Å². The Morgan fingerprint density at radius 1 is 1.00 bits per heavy atom. The Labute approximate surface area is 211 Å². The molecule has 1 unspecified atom stereocenters. The second-order valence-electron chi connectivity index (χ2n) is 8.65. The van der Waals surface area contributed by atoms with E-state index in [0.717, 1.165) is 19.6 Å². The summed E-state index contributed by atoms with van der Waals surface area (Å²) < 4.78 is 17.0. The van der Waals surface area contributed by atoms with Gasteiger partial charge in [0.25, 0.3) is 11.8 Å².